The second-order valence-electron chi connectivity index (χ2n) is 4.75. The Morgan fingerprint density at radius 3 is 2.09 bits per heavy atom. The number of hydrazone groups is 1. The first-order valence-electron chi connectivity index (χ1n) is 6.87. The van der Waals surface area contributed by atoms with Crippen molar-refractivity contribution in [3.05, 3.63) is 58.1 Å². The Hall–Kier alpha value is -2.34. The van der Waals surface area contributed by atoms with Gasteiger partial charge in [-0.1, -0.05) is 28.1 Å². The lowest BCUT2D eigenvalue weighted by Crippen LogP contribution is -2.19. The van der Waals surface area contributed by atoms with Crippen molar-refractivity contribution in [1.82, 2.24) is 5.43 Å². The fourth-order valence-electron chi connectivity index (χ4n) is 1.89. The van der Waals surface area contributed by atoms with Crippen molar-refractivity contribution in [2.75, 3.05) is 14.2 Å². The van der Waals surface area contributed by atoms with Crippen LogP contribution in [0.4, 0.5) is 0 Å². The van der Waals surface area contributed by atoms with Gasteiger partial charge in [0.25, 0.3) is 5.91 Å². The highest BCUT2D eigenvalue weighted by atomic mass is 79.9. The van der Waals surface area contributed by atoms with E-state index in [0.717, 1.165) is 10.0 Å². The highest BCUT2D eigenvalue weighted by Gasteiger charge is 2.09. The highest BCUT2D eigenvalue weighted by Crippen LogP contribution is 2.22. The Labute approximate surface area is 143 Å². The third-order valence-electron chi connectivity index (χ3n) is 3.20. The van der Waals surface area contributed by atoms with Gasteiger partial charge in [-0.2, -0.15) is 5.10 Å². The monoisotopic (exact) mass is 376 g/mol. The number of benzene rings is 2. The van der Waals surface area contributed by atoms with Crippen LogP contribution < -0.4 is 14.9 Å². The number of hydrogen-bond acceptors (Lipinski definition) is 4. The molecule has 0 spiro atoms. The zero-order chi connectivity index (χ0) is 16.8. The van der Waals surface area contributed by atoms with E-state index in [4.69, 9.17) is 9.47 Å². The van der Waals surface area contributed by atoms with Crippen LogP contribution in [0.15, 0.2) is 52.0 Å². The molecule has 2 aromatic carbocycles. The summed E-state index contributed by atoms with van der Waals surface area (Å²) in [5, 5.41) is 4.13. The van der Waals surface area contributed by atoms with Gasteiger partial charge in [0.2, 0.25) is 0 Å². The van der Waals surface area contributed by atoms with E-state index in [9.17, 15) is 4.79 Å². The standard InChI is InChI=1S/C17H17BrN2O3/c1-11(12-4-6-14(18)7-5-12)19-20-17(21)13-8-15(22-2)10-16(9-13)23-3/h4-10H,1-3H3,(H,20,21)/b19-11+. The van der Waals surface area contributed by atoms with Crippen molar-refractivity contribution in [2.24, 2.45) is 5.10 Å². The number of amides is 1. The molecule has 0 saturated heterocycles. The van der Waals surface area contributed by atoms with Gasteiger partial charge in [0.15, 0.2) is 0 Å². The minimum absolute atomic E-state index is 0.335. The van der Waals surface area contributed by atoms with Gasteiger partial charge in [0.1, 0.15) is 11.5 Å². The Kier molecular flexibility index (Phi) is 5.76. The van der Waals surface area contributed by atoms with Crippen LogP contribution in [0.2, 0.25) is 0 Å². The SMILES string of the molecule is COc1cc(OC)cc(C(=O)N/N=C(\C)c2ccc(Br)cc2)c1. The molecule has 2 aromatic rings. The van der Waals surface area contributed by atoms with E-state index < -0.39 is 0 Å². The number of nitrogens with one attached hydrogen (secondary N) is 1. The van der Waals surface area contributed by atoms with Gasteiger partial charge < -0.3 is 9.47 Å². The number of halogens is 1. The number of methoxy groups -OCH3 is 2. The molecule has 0 aromatic heterocycles. The zero-order valence-electron chi connectivity index (χ0n) is 13.1. The number of ether oxygens (including phenoxy) is 2. The summed E-state index contributed by atoms with van der Waals surface area (Å²) in [5.74, 6) is 0.755. The molecule has 0 radical (unpaired) electrons. The first-order chi connectivity index (χ1) is 11.0. The van der Waals surface area contributed by atoms with Gasteiger partial charge in [-0.25, -0.2) is 5.43 Å². The average Bonchev–Trinajstić information content (AvgIpc) is 2.59. The van der Waals surface area contributed by atoms with E-state index in [1.54, 1.807) is 18.2 Å². The number of rotatable bonds is 5. The van der Waals surface area contributed by atoms with Crippen molar-refractivity contribution in [1.29, 1.82) is 0 Å². The smallest absolute Gasteiger partial charge is 0.271 e. The maximum absolute atomic E-state index is 12.2. The summed E-state index contributed by atoms with van der Waals surface area (Å²) in [6, 6.07) is 12.6. The summed E-state index contributed by atoms with van der Waals surface area (Å²) in [5.41, 5.74) is 4.59. The van der Waals surface area contributed by atoms with Gasteiger partial charge >= 0.3 is 0 Å². The summed E-state index contributed by atoms with van der Waals surface area (Å²) in [6.07, 6.45) is 0. The van der Waals surface area contributed by atoms with E-state index in [2.05, 4.69) is 26.5 Å². The van der Waals surface area contributed by atoms with Crippen LogP contribution in [0, 0.1) is 0 Å². The molecular formula is C17H17BrN2O3. The van der Waals surface area contributed by atoms with Crippen molar-refractivity contribution < 1.29 is 14.3 Å². The van der Waals surface area contributed by atoms with Gasteiger partial charge in [-0.15, -0.1) is 0 Å². The Morgan fingerprint density at radius 2 is 1.57 bits per heavy atom. The lowest BCUT2D eigenvalue weighted by Gasteiger charge is -2.08. The molecule has 0 aliphatic rings. The molecule has 5 nitrogen and oxygen atoms in total. The summed E-state index contributed by atoms with van der Waals surface area (Å²) in [4.78, 5) is 12.2. The number of carbonyl (C=O) groups excluding carboxylic acids is 1. The fraction of sp³-hybridized carbons (Fsp3) is 0.176. The first kappa shape index (κ1) is 17.0. The first-order valence-corrected chi connectivity index (χ1v) is 7.66. The van der Waals surface area contributed by atoms with Gasteiger partial charge in [-0.05, 0) is 36.8 Å². The van der Waals surface area contributed by atoms with Crippen LogP contribution in [-0.4, -0.2) is 25.8 Å². The molecule has 23 heavy (non-hydrogen) atoms. The van der Waals surface area contributed by atoms with E-state index in [1.807, 2.05) is 31.2 Å². The third-order valence-corrected chi connectivity index (χ3v) is 3.73. The predicted molar refractivity (Wildman–Crippen MR) is 93.4 cm³/mol. The van der Waals surface area contributed by atoms with E-state index in [-0.39, 0.29) is 5.91 Å². The third kappa shape index (κ3) is 4.56. The summed E-state index contributed by atoms with van der Waals surface area (Å²) in [7, 11) is 3.07. The second-order valence-corrected chi connectivity index (χ2v) is 5.66. The second kappa shape index (κ2) is 7.78. The van der Waals surface area contributed by atoms with Gasteiger partial charge in [0, 0.05) is 16.1 Å². The molecule has 0 unspecified atom stereocenters. The molecule has 0 aliphatic carbocycles. The van der Waals surface area contributed by atoms with Crippen molar-refractivity contribution in [3.8, 4) is 11.5 Å². The minimum Gasteiger partial charge on any atom is -0.497 e. The molecule has 120 valence electrons. The van der Waals surface area contributed by atoms with Crippen molar-refractivity contribution in [3.63, 3.8) is 0 Å². The Bertz CT molecular complexity index is 705. The number of carbonyl (C=O) groups is 1. The molecule has 1 amide bonds. The van der Waals surface area contributed by atoms with Crippen LogP contribution in [-0.2, 0) is 0 Å². The summed E-state index contributed by atoms with van der Waals surface area (Å²) >= 11 is 3.38. The lowest BCUT2D eigenvalue weighted by molar-refractivity contribution is 0.0954. The quantitative estimate of drug-likeness (QED) is 0.640. The van der Waals surface area contributed by atoms with Gasteiger partial charge in [0.05, 0.1) is 19.9 Å². The van der Waals surface area contributed by atoms with Crippen molar-refractivity contribution >= 4 is 27.5 Å². The average molecular weight is 377 g/mol. The fourth-order valence-corrected chi connectivity index (χ4v) is 2.16. The largest absolute Gasteiger partial charge is 0.497 e. The van der Waals surface area contributed by atoms with Crippen molar-refractivity contribution in [2.45, 2.75) is 6.92 Å². The molecule has 6 heteroatoms. The molecular weight excluding hydrogens is 360 g/mol. The lowest BCUT2D eigenvalue weighted by atomic mass is 10.1. The Morgan fingerprint density at radius 1 is 1.00 bits per heavy atom. The normalized spacial score (nSPS) is 11.0. The van der Waals surface area contributed by atoms with Crippen LogP contribution in [0.3, 0.4) is 0 Å². The molecule has 0 atom stereocenters. The molecule has 0 saturated carbocycles. The molecule has 0 heterocycles. The Balaban J connectivity index is 2.15. The van der Waals surface area contributed by atoms with Crippen LogP contribution in [0.25, 0.3) is 0 Å². The minimum atomic E-state index is -0.335. The van der Waals surface area contributed by atoms with Crippen LogP contribution in [0.1, 0.15) is 22.8 Å². The molecule has 2 rings (SSSR count). The van der Waals surface area contributed by atoms with E-state index in [1.165, 1.54) is 14.2 Å². The van der Waals surface area contributed by atoms with E-state index in [0.29, 0.717) is 22.8 Å². The van der Waals surface area contributed by atoms with Crippen LogP contribution in [0.5, 0.6) is 11.5 Å². The highest BCUT2D eigenvalue weighted by molar-refractivity contribution is 9.10. The molecule has 0 bridgehead atoms. The number of nitrogens with zero attached hydrogens (tertiary/aromatic N) is 1. The zero-order valence-corrected chi connectivity index (χ0v) is 14.7. The molecule has 0 aliphatic heterocycles. The topological polar surface area (TPSA) is 59.9 Å². The molecule has 0 fully saturated rings. The van der Waals surface area contributed by atoms with E-state index >= 15 is 0 Å². The maximum atomic E-state index is 12.2. The number of hydrogen-bond donors (Lipinski definition) is 1. The van der Waals surface area contributed by atoms with Crippen LogP contribution >= 0.6 is 15.9 Å². The molecule has 1 N–H and O–H groups in total. The summed E-state index contributed by atoms with van der Waals surface area (Å²) in [6.45, 7) is 1.83. The maximum Gasteiger partial charge on any atom is 0.271 e. The predicted octanol–water partition coefficient (Wildman–Crippen LogP) is 3.62. The van der Waals surface area contributed by atoms with Gasteiger partial charge in [-0.3, -0.25) is 4.79 Å². The summed E-state index contributed by atoms with van der Waals surface area (Å²) < 4.78 is 11.3.